The molecule has 0 N–H and O–H groups in total. The van der Waals surface area contributed by atoms with Gasteiger partial charge in [-0.1, -0.05) is 0 Å². The third-order valence-corrected chi connectivity index (χ3v) is 1.90. The van der Waals surface area contributed by atoms with Gasteiger partial charge in [-0.25, -0.2) is 8.78 Å². The van der Waals surface area contributed by atoms with Gasteiger partial charge in [0.1, 0.15) is 5.69 Å². The standard InChI is InChI=1S/C7H6BrF2NO/c1-12-6-3-11-5(7(9)10)2-4(6)8/h2-3,7H,1H3. The van der Waals surface area contributed by atoms with Gasteiger partial charge in [0.2, 0.25) is 0 Å². The highest BCUT2D eigenvalue weighted by atomic mass is 79.9. The fourth-order valence-electron chi connectivity index (χ4n) is 0.703. The molecule has 0 radical (unpaired) electrons. The van der Waals surface area contributed by atoms with Crippen LogP contribution in [0, 0.1) is 0 Å². The molecule has 66 valence electrons. The molecule has 1 aromatic rings. The van der Waals surface area contributed by atoms with Crippen molar-refractivity contribution in [1.82, 2.24) is 4.98 Å². The maximum atomic E-state index is 12.1. The van der Waals surface area contributed by atoms with E-state index in [0.29, 0.717) is 10.2 Å². The van der Waals surface area contributed by atoms with Crippen LogP contribution in [0.4, 0.5) is 8.78 Å². The summed E-state index contributed by atoms with van der Waals surface area (Å²) >= 11 is 3.08. The maximum Gasteiger partial charge on any atom is 0.280 e. The normalized spacial score (nSPS) is 10.4. The first kappa shape index (κ1) is 9.38. The Balaban J connectivity index is 3.02. The van der Waals surface area contributed by atoms with Gasteiger partial charge in [0.25, 0.3) is 6.43 Å². The smallest absolute Gasteiger partial charge is 0.280 e. The summed E-state index contributed by atoms with van der Waals surface area (Å²) in [7, 11) is 1.45. The molecule has 5 heteroatoms. The van der Waals surface area contributed by atoms with E-state index in [2.05, 4.69) is 20.9 Å². The van der Waals surface area contributed by atoms with E-state index in [0.717, 1.165) is 0 Å². The molecule has 1 heterocycles. The number of methoxy groups -OCH3 is 1. The van der Waals surface area contributed by atoms with Crippen LogP contribution in [0.1, 0.15) is 12.1 Å². The highest BCUT2D eigenvalue weighted by Crippen LogP contribution is 2.27. The van der Waals surface area contributed by atoms with Crippen LogP contribution < -0.4 is 4.74 Å². The first-order chi connectivity index (χ1) is 5.65. The molecule has 0 unspecified atom stereocenters. The molecule has 0 bridgehead atoms. The van der Waals surface area contributed by atoms with Crippen molar-refractivity contribution in [2.75, 3.05) is 7.11 Å². The number of nitrogens with zero attached hydrogens (tertiary/aromatic N) is 1. The molecular formula is C7H6BrF2NO. The van der Waals surface area contributed by atoms with E-state index >= 15 is 0 Å². The van der Waals surface area contributed by atoms with Crippen molar-refractivity contribution in [1.29, 1.82) is 0 Å². The number of ether oxygens (including phenoxy) is 1. The first-order valence-electron chi connectivity index (χ1n) is 3.12. The molecule has 0 fully saturated rings. The van der Waals surface area contributed by atoms with Crippen LogP contribution in [-0.4, -0.2) is 12.1 Å². The third kappa shape index (κ3) is 1.91. The minimum atomic E-state index is -2.55. The summed E-state index contributed by atoms with van der Waals surface area (Å²) in [4.78, 5) is 3.50. The second kappa shape index (κ2) is 3.80. The Morgan fingerprint density at radius 1 is 1.58 bits per heavy atom. The highest BCUT2D eigenvalue weighted by molar-refractivity contribution is 9.10. The van der Waals surface area contributed by atoms with Crippen molar-refractivity contribution in [2.45, 2.75) is 6.43 Å². The summed E-state index contributed by atoms with van der Waals surface area (Å²) in [5.41, 5.74) is -0.261. The highest BCUT2D eigenvalue weighted by Gasteiger charge is 2.10. The molecule has 0 aromatic carbocycles. The summed E-state index contributed by atoms with van der Waals surface area (Å²) in [5.74, 6) is 0.444. The number of alkyl halides is 2. The van der Waals surface area contributed by atoms with Crippen molar-refractivity contribution in [2.24, 2.45) is 0 Å². The van der Waals surface area contributed by atoms with Crippen molar-refractivity contribution in [3.63, 3.8) is 0 Å². The first-order valence-corrected chi connectivity index (χ1v) is 3.92. The van der Waals surface area contributed by atoms with Crippen molar-refractivity contribution in [3.05, 3.63) is 22.4 Å². The van der Waals surface area contributed by atoms with E-state index in [1.54, 1.807) is 0 Å². The van der Waals surface area contributed by atoms with Crippen LogP contribution in [0.3, 0.4) is 0 Å². The zero-order valence-electron chi connectivity index (χ0n) is 6.22. The van der Waals surface area contributed by atoms with Gasteiger partial charge in [0, 0.05) is 0 Å². The lowest BCUT2D eigenvalue weighted by Crippen LogP contribution is -1.92. The Labute approximate surface area is 76.7 Å². The second-order valence-corrected chi connectivity index (χ2v) is 2.90. The number of halogens is 3. The summed E-state index contributed by atoms with van der Waals surface area (Å²) in [6.45, 7) is 0. The Morgan fingerprint density at radius 2 is 2.25 bits per heavy atom. The van der Waals surface area contributed by atoms with E-state index in [1.165, 1.54) is 19.4 Å². The topological polar surface area (TPSA) is 22.1 Å². The van der Waals surface area contributed by atoms with E-state index in [9.17, 15) is 8.78 Å². The molecule has 0 aliphatic carbocycles. The quantitative estimate of drug-likeness (QED) is 0.790. The molecule has 0 aliphatic heterocycles. The van der Waals surface area contributed by atoms with Crippen LogP contribution in [0.15, 0.2) is 16.7 Å². The van der Waals surface area contributed by atoms with Crippen LogP contribution in [0.2, 0.25) is 0 Å². The SMILES string of the molecule is COc1cnc(C(F)F)cc1Br. The van der Waals surface area contributed by atoms with Crippen molar-refractivity contribution >= 4 is 15.9 Å². The molecule has 12 heavy (non-hydrogen) atoms. The van der Waals surface area contributed by atoms with E-state index < -0.39 is 6.43 Å². The average molecular weight is 238 g/mol. The predicted octanol–water partition coefficient (Wildman–Crippen LogP) is 2.79. The zero-order valence-corrected chi connectivity index (χ0v) is 7.81. The minimum absolute atomic E-state index is 0.261. The molecule has 0 spiro atoms. The molecule has 1 aromatic heterocycles. The minimum Gasteiger partial charge on any atom is -0.494 e. The number of hydrogen-bond donors (Lipinski definition) is 0. The van der Waals surface area contributed by atoms with Crippen molar-refractivity contribution < 1.29 is 13.5 Å². The summed E-state index contributed by atoms with van der Waals surface area (Å²) < 4.78 is 29.4. The molecule has 0 saturated carbocycles. The number of pyridine rings is 1. The predicted molar refractivity (Wildman–Crippen MR) is 43.4 cm³/mol. The molecule has 0 amide bonds. The summed E-state index contributed by atoms with van der Waals surface area (Å²) in [6, 6.07) is 1.24. The lowest BCUT2D eigenvalue weighted by Gasteiger charge is -2.03. The largest absolute Gasteiger partial charge is 0.494 e. The van der Waals surface area contributed by atoms with Gasteiger partial charge in [0.05, 0.1) is 17.8 Å². The monoisotopic (exact) mass is 237 g/mol. The van der Waals surface area contributed by atoms with Crippen LogP contribution in [0.25, 0.3) is 0 Å². The van der Waals surface area contributed by atoms with Gasteiger partial charge < -0.3 is 4.74 Å². The fourth-order valence-corrected chi connectivity index (χ4v) is 1.20. The Bertz CT molecular complexity index is 280. The van der Waals surface area contributed by atoms with Gasteiger partial charge >= 0.3 is 0 Å². The lowest BCUT2D eigenvalue weighted by atomic mass is 10.3. The molecule has 2 nitrogen and oxygen atoms in total. The molecule has 0 aliphatic rings. The summed E-state index contributed by atoms with van der Waals surface area (Å²) in [5, 5.41) is 0. The van der Waals surface area contributed by atoms with E-state index in [1.807, 2.05) is 0 Å². The van der Waals surface area contributed by atoms with Gasteiger partial charge in [-0.2, -0.15) is 0 Å². The Kier molecular flexibility index (Phi) is 2.97. The third-order valence-electron chi connectivity index (χ3n) is 1.28. The van der Waals surface area contributed by atoms with Crippen LogP contribution >= 0.6 is 15.9 Å². The lowest BCUT2D eigenvalue weighted by molar-refractivity contribution is 0.146. The molecule has 1 rings (SSSR count). The van der Waals surface area contributed by atoms with Gasteiger partial charge in [-0.15, -0.1) is 0 Å². The van der Waals surface area contributed by atoms with Crippen molar-refractivity contribution in [3.8, 4) is 5.75 Å². The molecule has 0 atom stereocenters. The second-order valence-electron chi connectivity index (χ2n) is 2.04. The summed E-state index contributed by atoms with van der Waals surface area (Å²) in [6.07, 6.45) is -1.29. The average Bonchev–Trinajstić information content (AvgIpc) is 2.04. The van der Waals surface area contributed by atoms with Gasteiger partial charge in [-0.3, -0.25) is 4.98 Å². The maximum absolute atomic E-state index is 12.1. The zero-order chi connectivity index (χ0) is 9.14. The Hall–Kier alpha value is -0.710. The molecule has 0 saturated heterocycles. The number of rotatable bonds is 2. The number of aromatic nitrogens is 1. The van der Waals surface area contributed by atoms with Crippen LogP contribution in [0.5, 0.6) is 5.75 Å². The number of hydrogen-bond acceptors (Lipinski definition) is 2. The van der Waals surface area contributed by atoms with E-state index in [-0.39, 0.29) is 5.69 Å². The van der Waals surface area contributed by atoms with Gasteiger partial charge in [0.15, 0.2) is 5.75 Å². The van der Waals surface area contributed by atoms with Crippen LogP contribution in [-0.2, 0) is 0 Å². The fraction of sp³-hybridized carbons (Fsp3) is 0.286. The Morgan fingerprint density at radius 3 is 2.67 bits per heavy atom. The van der Waals surface area contributed by atoms with Gasteiger partial charge in [-0.05, 0) is 22.0 Å². The molecular weight excluding hydrogens is 232 g/mol. The van der Waals surface area contributed by atoms with E-state index in [4.69, 9.17) is 4.74 Å².